The predicted molar refractivity (Wildman–Crippen MR) is 134 cm³/mol. The van der Waals surface area contributed by atoms with E-state index in [-0.39, 0.29) is 5.56 Å². The number of pyridine rings is 2. The van der Waals surface area contributed by atoms with Crippen molar-refractivity contribution in [2.75, 3.05) is 0 Å². The highest BCUT2D eigenvalue weighted by atomic mass is 79.9. The Balaban J connectivity index is 1.97. The van der Waals surface area contributed by atoms with E-state index in [0.717, 1.165) is 36.5 Å². The van der Waals surface area contributed by atoms with Crippen molar-refractivity contribution < 1.29 is 0 Å². The summed E-state index contributed by atoms with van der Waals surface area (Å²) in [6, 6.07) is 29.5. The molecule has 0 aliphatic heterocycles. The monoisotopic (exact) mass is 530 g/mol. The van der Waals surface area contributed by atoms with E-state index in [1.165, 1.54) is 0 Å². The van der Waals surface area contributed by atoms with Crippen molar-refractivity contribution in [2.24, 2.45) is 0 Å². The second-order valence-corrected chi connectivity index (χ2v) is 8.94. The molecule has 5 rings (SSSR count). The van der Waals surface area contributed by atoms with E-state index in [0.29, 0.717) is 11.4 Å². The summed E-state index contributed by atoms with van der Waals surface area (Å²) in [4.78, 5) is 18.5. The van der Waals surface area contributed by atoms with Gasteiger partial charge in [0, 0.05) is 26.1 Å². The number of hydrogen-bond acceptors (Lipinski definition) is 2. The molecule has 2 aromatic heterocycles. The fraction of sp³-hybridized carbons (Fsp3) is 0. The lowest BCUT2D eigenvalue weighted by Crippen LogP contribution is -2.22. The SMILES string of the molecule is O=c1c(-c2ccc(Br)cc2)c(-c2ccc(Br)cc2)c2ccccc2n1-c1ccccn1. The van der Waals surface area contributed by atoms with Crippen LogP contribution in [0.25, 0.3) is 39.0 Å². The van der Waals surface area contributed by atoms with E-state index in [4.69, 9.17) is 0 Å². The molecule has 0 radical (unpaired) electrons. The van der Waals surface area contributed by atoms with E-state index in [2.05, 4.69) is 42.9 Å². The van der Waals surface area contributed by atoms with Crippen molar-refractivity contribution in [2.45, 2.75) is 0 Å². The van der Waals surface area contributed by atoms with Crippen LogP contribution >= 0.6 is 31.9 Å². The second kappa shape index (κ2) is 8.25. The number of fused-ring (bicyclic) bond motifs is 1. The largest absolute Gasteiger partial charge is 0.268 e. The number of halogens is 2. The minimum absolute atomic E-state index is 0.0994. The molecule has 31 heavy (non-hydrogen) atoms. The average molecular weight is 532 g/mol. The zero-order chi connectivity index (χ0) is 21.4. The molecular formula is C26H16Br2N2O. The molecular weight excluding hydrogens is 516 g/mol. The topological polar surface area (TPSA) is 34.9 Å². The van der Waals surface area contributed by atoms with Crippen LogP contribution in [0.1, 0.15) is 0 Å². The molecule has 0 N–H and O–H groups in total. The molecule has 0 spiro atoms. The third-order valence-electron chi connectivity index (χ3n) is 5.23. The normalized spacial score (nSPS) is 11.0. The summed E-state index contributed by atoms with van der Waals surface area (Å²) in [6.07, 6.45) is 1.71. The van der Waals surface area contributed by atoms with Crippen LogP contribution in [0, 0.1) is 0 Å². The van der Waals surface area contributed by atoms with Gasteiger partial charge >= 0.3 is 0 Å². The molecule has 5 heteroatoms. The Morgan fingerprint density at radius 1 is 0.645 bits per heavy atom. The van der Waals surface area contributed by atoms with Gasteiger partial charge in [0.1, 0.15) is 5.82 Å². The van der Waals surface area contributed by atoms with E-state index in [1.54, 1.807) is 10.8 Å². The van der Waals surface area contributed by atoms with Crippen molar-refractivity contribution in [3.05, 3.63) is 116 Å². The Kier molecular flexibility index (Phi) is 5.30. The van der Waals surface area contributed by atoms with Crippen LogP contribution < -0.4 is 5.56 Å². The summed E-state index contributed by atoms with van der Waals surface area (Å²) < 4.78 is 3.66. The summed E-state index contributed by atoms with van der Waals surface area (Å²) in [5, 5.41) is 0.994. The van der Waals surface area contributed by atoms with Crippen molar-refractivity contribution in [1.82, 2.24) is 9.55 Å². The Labute approximate surface area is 196 Å². The molecule has 0 aliphatic rings. The Morgan fingerprint density at radius 2 is 1.23 bits per heavy atom. The molecule has 3 aromatic carbocycles. The minimum Gasteiger partial charge on any atom is -0.268 e. The molecule has 0 saturated heterocycles. The van der Waals surface area contributed by atoms with Gasteiger partial charge in [0.25, 0.3) is 5.56 Å². The molecule has 0 atom stereocenters. The van der Waals surface area contributed by atoms with E-state index in [1.807, 2.05) is 84.9 Å². The molecule has 2 heterocycles. The van der Waals surface area contributed by atoms with E-state index < -0.39 is 0 Å². The maximum atomic E-state index is 14.0. The van der Waals surface area contributed by atoms with Gasteiger partial charge in [-0.3, -0.25) is 9.36 Å². The van der Waals surface area contributed by atoms with Gasteiger partial charge in [-0.05, 0) is 53.6 Å². The quantitative estimate of drug-likeness (QED) is 0.246. The van der Waals surface area contributed by atoms with Crippen LogP contribution in [0.4, 0.5) is 0 Å². The molecule has 0 bridgehead atoms. The first kappa shape index (κ1) is 19.9. The predicted octanol–water partition coefficient (Wildman–Crippen LogP) is 7.24. The van der Waals surface area contributed by atoms with Crippen molar-refractivity contribution >= 4 is 42.8 Å². The summed E-state index contributed by atoms with van der Waals surface area (Å²) in [5.74, 6) is 0.601. The molecule has 5 aromatic rings. The lowest BCUT2D eigenvalue weighted by Gasteiger charge is -2.18. The minimum atomic E-state index is -0.0994. The zero-order valence-electron chi connectivity index (χ0n) is 16.3. The first-order chi connectivity index (χ1) is 15.1. The summed E-state index contributed by atoms with van der Waals surface area (Å²) in [7, 11) is 0. The Hall–Kier alpha value is -3.02. The number of aromatic nitrogens is 2. The standard InChI is InChI=1S/C26H16Br2N2O/c27-19-12-8-17(9-13-19)24-21-5-1-2-6-22(21)30(23-7-3-4-16-29-23)26(31)25(24)18-10-14-20(28)15-11-18/h1-16H. The maximum Gasteiger partial charge on any atom is 0.265 e. The molecule has 150 valence electrons. The fourth-order valence-electron chi connectivity index (χ4n) is 3.86. The van der Waals surface area contributed by atoms with Gasteiger partial charge in [-0.25, -0.2) is 4.98 Å². The molecule has 0 aliphatic carbocycles. The van der Waals surface area contributed by atoms with Crippen LogP contribution in [0.15, 0.2) is 111 Å². The van der Waals surface area contributed by atoms with Crippen molar-refractivity contribution in [1.29, 1.82) is 0 Å². The molecule has 3 nitrogen and oxygen atoms in total. The number of nitrogens with zero attached hydrogens (tertiary/aromatic N) is 2. The van der Waals surface area contributed by atoms with Gasteiger partial charge in [0.15, 0.2) is 0 Å². The lowest BCUT2D eigenvalue weighted by molar-refractivity contribution is 0.987. The third-order valence-corrected chi connectivity index (χ3v) is 6.28. The first-order valence-electron chi connectivity index (χ1n) is 9.74. The third kappa shape index (κ3) is 3.64. The number of para-hydroxylation sites is 1. The van der Waals surface area contributed by atoms with Gasteiger partial charge < -0.3 is 0 Å². The highest BCUT2D eigenvalue weighted by Gasteiger charge is 2.20. The second-order valence-electron chi connectivity index (χ2n) is 7.11. The summed E-state index contributed by atoms with van der Waals surface area (Å²) >= 11 is 7.02. The molecule has 0 fully saturated rings. The van der Waals surface area contributed by atoms with Gasteiger partial charge in [-0.2, -0.15) is 0 Å². The van der Waals surface area contributed by atoms with Gasteiger partial charge in [0.2, 0.25) is 0 Å². The van der Waals surface area contributed by atoms with Gasteiger partial charge in [0.05, 0.1) is 11.1 Å². The van der Waals surface area contributed by atoms with Crippen LogP contribution in [0.2, 0.25) is 0 Å². The van der Waals surface area contributed by atoms with E-state index >= 15 is 0 Å². The average Bonchev–Trinajstić information content (AvgIpc) is 2.80. The Bertz CT molecular complexity index is 1440. The maximum absolute atomic E-state index is 14.0. The lowest BCUT2D eigenvalue weighted by atomic mass is 9.92. The number of benzene rings is 3. The number of hydrogen-bond donors (Lipinski definition) is 0. The highest BCUT2D eigenvalue weighted by molar-refractivity contribution is 9.10. The van der Waals surface area contributed by atoms with Gasteiger partial charge in [-0.1, -0.05) is 80.4 Å². The highest BCUT2D eigenvalue weighted by Crippen LogP contribution is 2.37. The van der Waals surface area contributed by atoms with E-state index in [9.17, 15) is 4.79 Å². The smallest absolute Gasteiger partial charge is 0.265 e. The van der Waals surface area contributed by atoms with Crippen molar-refractivity contribution in [3.63, 3.8) is 0 Å². The summed E-state index contributed by atoms with van der Waals surface area (Å²) in [6.45, 7) is 0. The van der Waals surface area contributed by atoms with Crippen LogP contribution in [-0.4, -0.2) is 9.55 Å². The van der Waals surface area contributed by atoms with Crippen LogP contribution in [-0.2, 0) is 0 Å². The van der Waals surface area contributed by atoms with Crippen LogP contribution in [0.5, 0.6) is 0 Å². The zero-order valence-corrected chi connectivity index (χ0v) is 19.5. The first-order valence-corrected chi connectivity index (χ1v) is 11.3. The van der Waals surface area contributed by atoms with Crippen LogP contribution in [0.3, 0.4) is 0 Å². The van der Waals surface area contributed by atoms with Gasteiger partial charge in [-0.15, -0.1) is 0 Å². The van der Waals surface area contributed by atoms with Crippen molar-refractivity contribution in [3.8, 4) is 28.1 Å². The summed E-state index contributed by atoms with van der Waals surface area (Å²) in [5.41, 5.74) is 4.15. The number of rotatable bonds is 3. The molecule has 0 saturated carbocycles. The molecule has 0 amide bonds. The fourth-order valence-corrected chi connectivity index (χ4v) is 4.39. The Morgan fingerprint density at radius 3 is 1.84 bits per heavy atom. The molecule has 0 unspecified atom stereocenters.